The molecule has 7 nitrogen and oxygen atoms in total. The molecule has 0 aromatic heterocycles. The Kier molecular flexibility index (Phi) is 4.13. The van der Waals surface area contributed by atoms with Gasteiger partial charge >= 0.3 is 0 Å². The number of anilines is 1. The number of para-hydroxylation sites is 1. The summed E-state index contributed by atoms with van der Waals surface area (Å²) in [5.41, 5.74) is 4.91. The molecule has 0 saturated carbocycles. The lowest BCUT2D eigenvalue weighted by atomic mass is 10.2. The smallest absolute Gasteiger partial charge is 0.261 e. The molecule has 1 amide bonds. The van der Waals surface area contributed by atoms with E-state index in [4.69, 9.17) is 5.73 Å². The SMILES string of the molecule is NC(=O)c1ccccc1NS(=O)(=O)c1cccc(C(=O)[O-])c1. The standard InChI is InChI=1S/C14H12N2O5S/c15-13(17)11-6-1-2-7-12(11)16-22(20,21)10-5-3-4-9(8-10)14(18)19/h1-8,16H,(H2,15,17)(H,18,19)/p-1. The Bertz CT molecular complexity index is 846. The van der Waals surface area contributed by atoms with Crippen molar-refractivity contribution in [3.05, 3.63) is 59.7 Å². The van der Waals surface area contributed by atoms with Crippen molar-refractivity contribution < 1.29 is 23.1 Å². The van der Waals surface area contributed by atoms with Gasteiger partial charge in [-0.3, -0.25) is 9.52 Å². The maximum atomic E-state index is 12.3. The van der Waals surface area contributed by atoms with Gasteiger partial charge in [0, 0.05) is 0 Å². The van der Waals surface area contributed by atoms with E-state index in [9.17, 15) is 23.1 Å². The predicted molar refractivity (Wildman–Crippen MR) is 76.5 cm³/mol. The summed E-state index contributed by atoms with van der Waals surface area (Å²) in [5.74, 6) is -2.28. The summed E-state index contributed by atoms with van der Waals surface area (Å²) in [6, 6.07) is 10.5. The summed E-state index contributed by atoms with van der Waals surface area (Å²) < 4.78 is 26.8. The number of carboxylic acid groups (broad SMARTS) is 1. The van der Waals surface area contributed by atoms with Gasteiger partial charge in [0.2, 0.25) is 0 Å². The number of primary amides is 1. The monoisotopic (exact) mass is 319 g/mol. The van der Waals surface area contributed by atoms with Crippen LogP contribution in [0.15, 0.2) is 53.4 Å². The number of hydrogen-bond acceptors (Lipinski definition) is 5. The van der Waals surface area contributed by atoms with Crippen LogP contribution in [0.3, 0.4) is 0 Å². The van der Waals surface area contributed by atoms with E-state index in [-0.39, 0.29) is 21.7 Å². The Morgan fingerprint density at radius 1 is 1.05 bits per heavy atom. The molecule has 3 N–H and O–H groups in total. The molecule has 0 spiro atoms. The predicted octanol–water partition coefficient (Wildman–Crippen LogP) is -0.0502. The van der Waals surface area contributed by atoms with Crippen molar-refractivity contribution in [2.75, 3.05) is 4.72 Å². The van der Waals surface area contributed by atoms with Gasteiger partial charge in [-0.1, -0.05) is 24.3 Å². The molecule has 0 aliphatic heterocycles. The Morgan fingerprint density at radius 3 is 2.36 bits per heavy atom. The number of hydrogen-bond donors (Lipinski definition) is 2. The highest BCUT2D eigenvalue weighted by molar-refractivity contribution is 7.92. The average Bonchev–Trinajstić information content (AvgIpc) is 2.47. The van der Waals surface area contributed by atoms with Crippen molar-refractivity contribution >= 4 is 27.6 Å². The van der Waals surface area contributed by atoms with E-state index in [2.05, 4.69) is 4.72 Å². The zero-order chi connectivity index (χ0) is 16.3. The summed E-state index contributed by atoms with van der Waals surface area (Å²) in [5, 5.41) is 10.8. The van der Waals surface area contributed by atoms with E-state index in [0.717, 1.165) is 6.07 Å². The maximum Gasteiger partial charge on any atom is 0.261 e. The largest absolute Gasteiger partial charge is 0.545 e. The Morgan fingerprint density at radius 2 is 1.73 bits per heavy atom. The van der Waals surface area contributed by atoms with Crippen molar-refractivity contribution in [3.8, 4) is 0 Å². The molecule has 2 aromatic carbocycles. The van der Waals surface area contributed by atoms with Gasteiger partial charge in [0.15, 0.2) is 0 Å². The number of benzene rings is 2. The second kappa shape index (κ2) is 5.86. The van der Waals surface area contributed by atoms with Crippen LogP contribution in [0.4, 0.5) is 5.69 Å². The second-order valence-corrected chi connectivity index (χ2v) is 6.01. The van der Waals surface area contributed by atoms with Gasteiger partial charge < -0.3 is 15.6 Å². The van der Waals surface area contributed by atoms with Gasteiger partial charge in [0.1, 0.15) is 0 Å². The third-order valence-electron chi connectivity index (χ3n) is 2.82. The summed E-state index contributed by atoms with van der Waals surface area (Å²) in [7, 11) is -4.07. The van der Waals surface area contributed by atoms with Gasteiger partial charge in [-0.2, -0.15) is 0 Å². The first-order chi connectivity index (χ1) is 10.3. The van der Waals surface area contributed by atoms with Gasteiger partial charge in [0.05, 0.1) is 22.1 Å². The number of rotatable bonds is 5. The van der Waals surface area contributed by atoms with Gasteiger partial charge in [-0.25, -0.2) is 8.42 Å². The van der Waals surface area contributed by atoms with Crippen molar-refractivity contribution in [1.82, 2.24) is 0 Å². The molecular weight excluding hydrogens is 308 g/mol. The topological polar surface area (TPSA) is 129 Å². The summed E-state index contributed by atoms with van der Waals surface area (Å²) in [4.78, 5) is 21.8. The van der Waals surface area contributed by atoms with Crippen molar-refractivity contribution in [2.24, 2.45) is 5.73 Å². The number of nitrogens with one attached hydrogen (secondary N) is 1. The highest BCUT2D eigenvalue weighted by Gasteiger charge is 2.18. The zero-order valence-corrected chi connectivity index (χ0v) is 12.0. The fraction of sp³-hybridized carbons (Fsp3) is 0. The minimum absolute atomic E-state index is 0.00197. The van der Waals surface area contributed by atoms with Crippen LogP contribution in [-0.2, 0) is 10.0 Å². The van der Waals surface area contributed by atoms with Crippen LogP contribution in [0, 0.1) is 0 Å². The van der Waals surface area contributed by atoms with Gasteiger partial charge in [-0.15, -0.1) is 0 Å². The summed E-state index contributed by atoms with van der Waals surface area (Å²) >= 11 is 0. The number of carboxylic acids is 1. The van der Waals surface area contributed by atoms with E-state index in [0.29, 0.717) is 0 Å². The minimum Gasteiger partial charge on any atom is -0.545 e. The molecule has 8 heteroatoms. The first kappa shape index (κ1) is 15.5. The lowest BCUT2D eigenvalue weighted by Crippen LogP contribution is -2.23. The van der Waals surface area contributed by atoms with E-state index < -0.39 is 21.9 Å². The van der Waals surface area contributed by atoms with Crippen LogP contribution < -0.4 is 15.6 Å². The third kappa shape index (κ3) is 3.23. The minimum atomic E-state index is -4.07. The number of carbonyl (C=O) groups excluding carboxylic acids is 2. The van der Waals surface area contributed by atoms with Crippen LogP contribution in [0.5, 0.6) is 0 Å². The number of nitrogens with two attached hydrogens (primary N) is 1. The lowest BCUT2D eigenvalue weighted by Gasteiger charge is -2.12. The van der Waals surface area contributed by atoms with Crippen molar-refractivity contribution in [3.63, 3.8) is 0 Å². The van der Waals surface area contributed by atoms with Gasteiger partial charge in [-0.05, 0) is 29.8 Å². The number of aromatic carboxylic acids is 1. The quantitative estimate of drug-likeness (QED) is 0.798. The molecule has 0 atom stereocenters. The lowest BCUT2D eigenvalue weighted by molar-refractivity contribution is -0.255. The van der Waals surface area contributed by atoms with E-state index in [1.54, 1.807) is 0 Å². The fourth-order valence-corrected chi connectivity index (χ4v) is 2.91. The van der Waals surface area contributed by atoms with Crippen molar-refractivity contribution in [2.45, 2.75) is 4.90 Å². The van der Waals surface area contributed by atoms with E-state index in [1.165, 1.54) is 42.5 Å². The second-order valence-electron chi connectivity index (χ2n) is 4.33. The van der Waals surface area contributed by atoms with Crippen molar-refractivity contribution in [1.29, 1.82) is 0 Å². The Hall–Kier alpha value is -2.87. The molecule has 0 aliphatic carbocycles. The number of amides is 1. The third-order valence-corrected chi connectivity index (χ3v) is 4.18. The number of sulfonamides is 1. The van der Waals surface area contributed by atoms with Crippen LogP contribution in [0.2, 0.25) is 0 Å². The van der Waals surface area contributed by atoms with Crippen LogP contribution in [0.1, 0.15) is 20.7 Å². The van der Waals surface area contributed by atoms with Crippen LogP contribution in [0.25, 0.3) is 0 Å². The van der Waals surface area contributed by atoms with E-state index >= 15 is 0 Å². The maximum absolute atomic E-state index is 12.3. The van der Waals surface area contributed by atoms with Gasteiger partial charge in [0.25, 0.3) is 15.9 Å². The highest BCUT2D eigenvalue weighted by atomic mass is 32.2. The molecule has 0 unspecified atom stereocenters. The Balaban J connectivity index is 2.43. The van der Waals surface area contributed by atoms with Crippen LogP contribution in [-0.4, -0.2) is 20.3 Å². The highest BCUT2D eigenvalue weighted by Crippen LogP contribution is 2.20. The molecule has 2 aromatic rings. The molecule has 2 rings (SSSR count). The summed E-state index contributed by atoms with van der Waals surface area (Å²) in [6.45, 7) is 0. The molecule has 22 heavy (non-hydrogen) atoms. The van der Waals surface area contributed by atoms with E-state index in [1.807, 2.05) is 0 Å². The first-order valence-electron chi connectivity index (χ1n) is 6.04. The molecule has 0 fully saturated rings. The number of carbonyl (C=O) groups is 2. The van der Waals surface area contributed by atoms with Crippen LogP contribution >= 0.6 is 0 Å². The molecule has 0 saturated heterocycles. The molecule has 0 radical (unpaired) electrons. The fourth-order valence-electron chi connectivity index (χ4n) is 1.78. The molecule has 0 aliphatic rings. The normalized spacial score (nSPS) is 10.9. The summed E-state index contributed by atoms with van der Waals surface area (Å²) in [6.07, 6.45) is 0. The molecule has 0 heterocycles. The Labute approximate surface area is 126 Å². The zero-order valence-electron chi connectivity index (χ0n) is 11.1. The average molecular weight is 319 g/mol. The molecular formula is C14H11N2O5S-. The first-order valence-corrected chi connectivity index (χ1v) is 7.52. The molecule has 114 valence electrons. The molecule has 0 bridgehead atoms.